The Morgan fingerprint density at radius 2 is 1.51 bits per heavy atom. The molecule has 9 heteroatoms. The van der Waals surface area contributed by atoms with Gasteiger partial charge < -0.3 is 24.4 Å². The highest BCUT2D eigenvalue weighted by Crippen LogP contribution is 2.28. The summed E-state index contributed by atoms with van der Waals surface area (Å²) in [5, 5.41) is 3.63. The minimum absolute atomic E-state index is 0.134. The normalized spacial score (nSPS) is 11.4. The number of likely N-dealkylation sites (N-methyl/N-ethyl adjacent to an activating group) is 1. The van der Waals surface area contributed by atoms with Crippen molar-refractivity contribution in [2.45, 2.75) is 25.9 Å². The van der Waals surface area contributed by atoms with Crippen LogP contribution in [0.25, 0.3) is 0 Å². The number of hydrogen-bond donors (Lipinski definition) is 1. The van der Waals surface area contributed by atoms with Crippen molar-refractivity contribution in [2.24, 2.45) is 0 Å². The molecule has 1 N–H and O–H groups in total. The van der Waals surface area contributed by atoms with Crippen LogP contribution in [0.4, 0.5) is 0 Å². The predicted octanol–water partition coefficient (Wildman–Crippen LogP) is 5.17. The highest BCUT2D eigenvalue weighted by atomic mass is 35.5. The largest absolute Gasteiger partial charge is 0.496 e. The molecule has 0 saturated carbocycles. The quantitative estimate of drug-likeness (QED) is 0.340. The zero-order chi connectivity index (χ0) is 26.8. The maximum atomic E-state index is 13.6. The van der Waals surface area contributed by atoms with E-state index in [1.807, 2.05) is 37.3 Å². The lowest BCUT2D eigenvalue weighted by Gasteiger charge is -2.31. The Kier molecular flexibility index (Phi) is 10.5. The topological polar surface area (TPSA) is 77.1 Å². The summed E-state index contributed by atoms with van der Waals surface area (Å²) in [5.74, 6) is 0.817. The van der Waals surface area contributed by atoms with E-state index in [-0.39, 0.29) is 25.0 Å². The molecule has 7 nitrogen and oxygen atoms in total. The van der Waals surface area contributed by atoms with Crippen molar-refractivity contribution in [3.8, 4) is 17.2 Å². The molecule has 0 saturated heterocycles. The van der Waals surface area contributed by atoms with Gasteiger partial charge >= 0.3 is 0 Å². The summed E-state index contributed by atoms with van der Waals surface area (Å²) in [6, 6.07) is 18.9. The number of ether oxygens (including phenoxy) is 3. The molecular formula is C28H30Cl2N2O5. The van der Waals surface area contributed by atoms with Gasteiger partial charge in [-0.05, 0) is 30.2 Å². The van der Waals surface area contributed by atoms with Gasteiger partial charge in [-0.3, -0.25) is 9.59 Å². The Morgan fingerprint density at radius 3 is 2.11 bits per heavy atom. The van der Waals surface area contributed by atoms with Crippen LogP contribution in [0, 0.1) is 0 Å². The zero-order valence-electron chi connectivity index (χ0n) is 21.0. The summed E-state index contributed by atoms with van der Waals surface area (Å²) in [6.07, 6.45) is 0.326. The molecule has 0 heterocycles. The van der Waals surface area contributed by atoms with E-state index >= 15 is 0 Å². The van der Waals surface area contributed by atoms with Gasteiger partial charge in [0.05, 0.1) is 24.3 Å². The molecule has 0 bridgehead atoms. The number of benzene rings is 3. The number of halogens is 2. The number of methoxy groups -OCH3 is 2. The van der Waals surface area contributed by atoms with Gasteiger partial charge in [0.1, 0.15) is 23.3 Å². The summed E-state index contributed by atoms with van der Waals surface area (Å²) in [6.45, 7) is 2.10. The first-order valence-corrected chi connectivity index (χ1v) is 12.5. The van der Waals surface area contributed by atoms with E-state index in [4.69, 9.17) is 37.4 Å². The van der Waals surface area contributed by atoms with Gasteiger partial charge in [0.2, 0.25) is 5.91 Å². The summed E-state index contributed by atoms with van der Waals surface area (Å²) < 4.78 is 16.4. The van der Waals surface area contributed by atoms with Gasteiger partial charge in [-0.1, -0.05) is 59.6 Å². The molecule has 3 rings (SSSR count). The lowest BCUT2D eigenvalue weighted by molar-refractivity contribution is -0.142. The third kappa shape index (κ3) is 8.03. The van der Waals surface area contributed by atoms with Crippen molar-refractivity contribution >= 4 is 35.0 Å². The van der Waals surface area contributed by atoms with Crippen LogP contribution < -0.4 is 19.5 Å². The van der Waals surface area contributed by atoms with E-state index in [9.17, 15) is 9.59 Å². The predicted molar refractivity (Wildman–Crippen MR) is 145 cm³/mol. The number of hydrogen-bond acceptors (Lipinski definition) is 5. The van der Waals surface area contributed by atoms with Gasteiger partial charge in [-0.2, -0.15) is 0 Å². The SMILES string of the molecule is CCNC(=O)[C@H](Cc1ccccc1)N(Cc1ccc(Cl)c(Cl)c1)C(=O)COc1cc(OC)cc(OC)c1. The van der Waals surface area contributed by atoms with Gasteiger partial charge in [0.25, 0.3) is 5.91 Å². The molecular weight excluding hydrogens is 515 g/mol. The first-order chi connectivity index (χ1) is 17.8. The Labute approximate surface area is 227 Å². The second kappa shape index (κ2) is 13.8. The Balaban J connectivity index is 1.92. The average Bonchev–Trinajstić information content (AvgIpc) is 2.91. The molecule has 0 aliphatic rings. The molecule has 0 spiro atoms. The highest BCUT2D eigenvalue weighted by molar-refractivity contribution is 6.42. The second-order valence-electron chi connectivity index (χ2n) is 8.21. The van der Waals surface area contributed by atoms with Crippen LogP contribution in [0.15, 0.2) is 66.7 Å². The maximum Gasteiger partial charge on any atom is 0.261 e. The Bertz CT molecular complexity index is 1180. The van der Waals surface area contributed by atoms with Crippen molar-refractivity contribution < 1.29 is 23.8 Å². The molecule has 196 valence electrons. The van der Waals surface area contributed by atoms with Crippen molar-refractivity contribution in [1.29, 1.82) is 0 Å². The van der Waals surface area contributed by atoms with Gasteiger partial charge in [0, 0.05) is 37.7 Å². The smallest absolute Gasteiger partial charge is 0.261 e. The lowest BCUT2D eigenvalue weighted by atomic mass is 10.0. The molecule has 2 amide bonds. The van der Waals surface area contributed by atoms with Crippen molar-refractivity contribution in [2.75, 3.05) is 27.4 Å². The zero-order valence-corrected chi connectivity index (χ0v) is 22.5. The van der Waals surface area contributed by atoms with E-state index in [1.54, 1.807) is 36.4 Å². The molecule has 1 atom stereocenters. The molecule has 3 aromatic carbocycles. The standard InChI is InChI=1S/C28H30Cl2N2O5/c1-4-31-28(34)26(13-19-8-6-5-7-9-19)32(17-20-10-11-24(29)25(30)12-20)27(33)18-37-23-15-21(35-2)14-22(16-23)36-3/h5-12,14-16,26H,4,13,17-18H2,1-3H3,(H,31,34)/t26-/m0/s1. The van der Waals surface area contributed by atoms with Crippen LogP contribution in [0.2, 0.25) is 10.0 Å². The summed E-state index contributed by atoms with van der Waals surface area (Å²) in [7, 11) is 3.06. The number of nitrogens with zero attached hydrogens (tertiary/aromatic N) is 1. The first-order valence-electron chi connectivity index (χ1n) is 11.8. The number of nitrogens with one attached hydrogen (secondary N) is 1. The second-order valence-corrected chi connectivity index (χ2v) is 9.02. The molecule has 0 fully saturated rings. The fourth-order valence-electron chi connectivity index (χ4n) is 3.77. The number of carbonyl (C=O) groups excluding carboxylic acids is 2. The number of rotatable bonds is 12. The lowest BCUT2D eigenvalue weighted by Crippen LogP contribution is -2.51. The van der Waals surface area contributed by atoms with Crippen LogP contribution in [0.5, 0.6) is 17.2 Å². The van der Waals surface area contributed by atoms with E-state index in [0.717, 1.165) is 11.1 Å². The van der Waals surface area contributed by atoms with Crippen molar-refractivity contribution in [3.05, 3.63) is 87.9 Å². The van der Waals surface area contributed by atoms with Gasteiger partial charge in [0.15, 0.2) is 6.61 Å². The van der Waals surface area contributed by atoms with Gasteiger partial charge in [-0.25, -0.2) is 0 Å². The maximum absolute atomic E-state index is 13.6. The monoisotopic (exact) mass is 544 g/mol. The minimum Gasteiger partial charge on any atom is -0.496 e. The highest BCUT2D eigenvalue weighted by Gasteiger charge is 2.30. The van der Waals surface area contributed by atoms with Gasteiger partial charge in [-0.15, -0.1) is 0 Å². The Hall–Kier alpha value is -3.42. The van der Waals surface area contributed by atoms with Crippen molar-refractivity contribution in [3.63, 3.8) is 0 Å². The van der Waals surface area contributed by atoms with E-state index in [1.165, 1.54) is 19.1 Å². The number of carbonyl (C=O) groups is 2. The molecule has 0 radical (unpaired) electrons. The van der Waals surface area contributed by atoms with Crippen LogP contribution in [-0.2, 0) is 22.6 Å². The number of amides is 2. The van der Waals surface area contributed by atoms with E-state index < -0.39 is 6.04 Å². The third-order valence-corrected chi connectivity index (χ3v) is 6.39. The van der Waals surface area contributed by atoms with Crippen LogP contribution in [-0.4, -0.2) is 50.1 Å². The first kappa shape index (κ1) is 28.2. The molecule has 0 aliphatic carbocycles. The van der Waals surface area contributed by atoms with E-state index in [0.29, 0.717) is 40.3 Å². The summed E-state index contributed by atoms with van der Waals surface area (Å²) in [5.41, 5.74) is 1.65. The molecule has 0 aliphatic heterocycles. The summed E-state index contributed by atoms with van der Waals surface area (Å²) in [4.78, 5) is 28.4. The van der Waals surface area contributed by atoms with E-state index in [2.05, 4.69) is 5.32 Å². The molecule has 3 aromatic rings. The fourth-order valence-corrected chi connectivity index (χ4v) is 4.09. The molecule has 0 unspecified atom stereocenters. The fraction of sp³-hybridized carbons (Fsp3) is 0.286. The van der Waals surface area contributed by atoms with Crippen LogP contribution >= 0.6 is 23.2 Å². The molecule has 0 aromatic heterocycles. The Morgan fingerprint density at radius 1 is 0.865 bits per heavy atom. The summed E-state index contributed by atoms with van der Waals surface area (Å²) >= 11 is 12.3. The average molecular weight is 545 g/mol. The third-order valence-electron chi connectivity index (χ3n) is 5.65. The minimum atomic E-state index is -0.784. The van der Waals surface area contributed by atoms with Crippen molar-refractivity contribution in [1.82, 2.24) is 10.2 Å². The van der Waals surface area contributed by atoms with Crippen LogP contribution in [0.1, 0.15) is 18.1 Å². The molecule has 37 heavy (non-hydrogen) atoms. The van der Waals surface area contributed by atoms with Crippen LogP contribution in [0.3, 0.4) is 0 Å².